The van der Waals surface area contributed by atoms with Gasteiger partial charge >= 0.3 is 0 Å². The third-order valence-electron chi connectivity index (χ3n) is 3.58. The Morgan fingerprint density at radius 1 is 1.53 bits per heavy atom. The zero-order valence-electron chi connectivity index (χ0n) is 11.6. The molecule has 0 spiro atoms. The Balaban J connectivity index is 2.11. The van der Waals surface area contributed by atoms with Crippen molar-refractivity contribution in [2.45, 2.75) is 38.9 Å². The van der Waals surface area contributed by atoms with Crippen molar-refractivity contribution in [2.24, 2.45) is 0 Å². The Labute approximate surface area is 123 Å². The number of nitrogens with zero attached hydrogens (tertiary/aromatic N) is 1. The maximum absolute atomic E-state index is 9.65. The molecule has 1 aromatic rings. The average Bonchev–Trinajstić information content (AvgIpc) is 2.39. The maximum atomic E-state index is 9.65. The normalized spacial score (nSPS) is 21.5. The first kappa shape index (κ1) is 14.8. The summed E-state index contributed by atoms with van der Waals surface area (Å²) in [6, 6.07) is 6.17. The zero-order valence-corrected chi connectivity index (χ0v) is 13.2. The highest BCUT2D eigenvalue weighted by Gasteiger charge is 2.21. The highest BCUT2D eigenvalue weighted by atomic mass is 79.9. The zero-order chi connectivity index (χ0) is 13.8. The molecule has 2 rings (SSSR count). The van der Waals surface area contributed by atoms with Gasteiger partial charge < -0.3 is 14.7 Å². The Kier molecular flexibility index (Phi) is 5.25. The van der Waals surface area contributed by atoms with Crippen molar-refractivity contribution in [1.82, 2.24) is 0 Å². The van der Waals surface area contributed by atoms with Crippen LogP contribution in [0.3, 0.4) is 0 Å². The highest BCUT2D eigenvalue weighted by molar-refractivity contribution is 9.10. The lowest BCUT2D eigenvalue weighted by Crippen LogP contribution is -2.39. The Bertz CT molecular complexity index is 421. The lowest BCUT2D eigenvalue weighted by Gasteiger charge is -2.34. The van der Waals surface area contributed by atoms with Crippen LogP contribution in [0.5, 0.6) is 0 Å². The largest absolute Gasteiger partial charge is 0.389 e. The summed E-state index contributed by atoms with van der Waals surface area (Å²) in [5.74, 6) is 0. The van der Waals surface area contributed by atoms with Crippen LogP contribution in [-0.4, -0.2) is 30.9 Å². The first-order valence-corrected chi connectivity index (χ1v) is 7.75. The predicted octanol–water partition coefficient (Wildman–Crippen LogP) is 3.51. The van der Waals surface area contributed by atoms with E-state index in [4.69, 9.17) is 4.74 Å². The summed E-state index contributed by atoms with van der Waals surface area (Å²) < 4.78 is 6.70. The Morgan fingerprint density at radius 3 is 2.95 bits per heavy atom. The summed E-state index contributed by atoms with van der Waals surface area (Å²) in [4.78, 5) is 2.36. The van der Waals surface area contributed by atoms with E-state index < -0.39 is 6.10 Å². The van der Waals surface area contributed by atoms with Crippen LogP contribution in [0.4, 0.5) is 5.69 Å². The van der Waals surface area contributed by atoms with E-state index in [0.717, 1.165) is 36.2 Å². The second kappa shape index (κ2) is 6.73. The van der Waals surface area contributed by atoms with Crippen LogP contribution < -0.4 is 4.90 Å². The quantitative estimate of drug-likeness (QED) is 0.918. The fourth-order valence-corrected chi connectivity index (χ4v) is 3.29. The van der Waals surface area contributed by atoms with Crippen molar-refractivity contribution < 1.29 is 9.84 Å². The van der Waals surface area contributed by atoms with Crippen molar-refractivity contribution in [3.63, 3.8) is 0 Å². The van der Waals surface area contributed by atoms with E-state index in [-0.39, 0.29) is 0 Å². The number of aliphatic hydroxyl groups is 1. The molecule has 1 aliphatic rings. The fourth-order valence-electron chi connectivity index (χ4n) is 2.60. The van der Waals surface area contributed by atoms with Crippen molar-refractivity contribution >= 4 is 21.6 Å². The Morgan fingerprint density at radius 2 is 2.32 bits per heavy atom. The van der Waals surface area contributed by atoms with E-state index in [1.165, 1.54) is 12.1 Å². The van der Waals surface area contributed by atoms with Gasteiger partial charge in [0.1, 0.15) is 0 Å². The van der Waals surface area contributed by atoms with E-state index in [9.17, 15) is 5.11 Å². The molecule has 1 aliphatic heterocycles. The number of piperidine rings is 1. The molecular weight excluding hydrogens is 306 g/mol. The Hall–Kier alpha value is -0.580. The van der Waals surface area contributed by atoms with Crippen LogP contribution in [-0.2, 0) is 4.74 Å². The lowest BCUT2D eigenvalue weighted by atomic mass is 10.1. The highest BCUT2D eigenvalue weighted by Crippen LogP contribution is 2.29. The van der Waals surface area contributed by atoms with Crippen LogP contribution in [0.25, 0.3) is 0 Å². The van der Waals surface area contributed by atoms with Gasteiger partial charge in [0.25, 0.3) is 0 Å². The summed E-state index contributed by atoms with van der Waals surface area (Å²) in [5.41, 5.74) is 2.13. The molecule has 3 nitrogen and oxygen atoms in total. The number of hydrogen-bond donors (Lipinski definition) is 1. The van der Waals surface area contributed by atoms with Gasteiger partial charge in [0, 0.05) is 29.9 Å². The summed E-state index contributed by atoms with van der Waals surface area (Å²) >= 11 is 3.54. The summed E-state index contributed by atoms with van der Waals surface area (Å²) in [6.45, 7) is 6.64. The topological polar surface area (TPSA) is 32.7 Å². The standard InChI is InChI=1S/C15H22BrNO2/c1-3-19-13-5-4-8-17(10-13)12-6-7-14(11(2)18)15(16)9-12/h6-7,9,11,13,18H,3-5,8,10H2,1-2H3/t11-,13?/m0/s1. The SMILES string of the molecule is CCOC1CCCN(c2ccc([C@H](C)O)c(Br)c2)C1. The van der Waals surface area contributed by atoms with E-state index >= 15 is 0 Å². The van der Waals surface area contributed by atoms with Gasteiger partial charge in [0.05, 0.1) is 12.2 Å². The predicted molar refractivity (Wildman–Crippen MR) is 81.6 cm³/mol. The average molecular weight is 328 g/mol. The molecule has 0 amide bonds. The minimum atomic E-state index is -0.444. The molecule has 1 N–H and O–H groups in total. The van der Waals surface area contributed by atoms with Gasteiger partial charge in [-0.3, -0.25) is 0 Å². The molecule has 0 aliphatic carbocycles. The molecule has 0 radical (unpaired) electrons. The third-order valence-corrected chi connectivity index (χ3v) is 4.27. The summed E-state index contributed by atoms with van der Waals surface area (Å²) in [5, 5.41) is 9.65. The van der Waals surface area contributed by atoms with E-state index in [1.54, 1.807) is 6.92 Å². The van der Waals surface area contributed by atoms with Crippen LogP contribution in [0, 0.1) is 0 Å². The van der Waals surface area contributed by atoms with Gasteiger partial charge in [-0.15, -0.1) is 0 Å². The second-order valence-corrected chi connectivity index (χ2v) is 5.90. The first-order chi connectivity index (χ1) is 9.11. The van der Waals surface area contributed by atoms with Crippen molar-refractivity contribution in [2.75, 3.05) is 24.6 Å². The summed E-state index contributed by atoms with van der Waals surface area (Å²) in [6.07, 6.45) is 2.22. The van der Waals surface area contributed by atoms with Gasteiger partial charge in [-0.25, -0.2) is 0 Å². The molecule has 1 unspecified atom stereocenters. The molecule has 0 aromatic heterocycles. The molecule has 1 saturated heterocycles. The summed E-state index contributed by atoms with van der Waals surface area (Å²) in [7, 11) is 0. The van der Waals surface area contributed by atoms with Crippen molar-refractivity contribution in [3.8, 4) is 0 Å². The molecular formula is C15H22BrNO2. The minimum absolute atomic E-state index is 0.342. The third kappa shape index (κ3) is 3.71. The lowest BCUT2D eigenvalue weighted by molar-refractivity contribution is 0.0526. The number of ether oxygens (including phenoxy) is 1. The number of halogens is 1. The first-order valence-electron chi connectivity index (χ1n) is 6.96. The second-order valence-electron chi connectivity index (χ2n) is 5.05. The van der Waals surface area contributed by atoms with Gasteiger partial charge in [0.2, 0.25) is 0 Å². The molecule has 106 valence electrons. The molecule has 0 bridgehead atoms. The molecule has 1 fully saturated rings. The van der Waals surface area contributed by atoms with Gasteiger partial charge in [-0.05, 0) is 44.4 Å². The molecule has 19 heavy (non-hydrogen) atoms. The smallest absolute Gasteiger partial charge is 0.0772 e. The number of hydrogen-bond acceptors (Lipinski definition) is 3. The monoisotopic (exact) mass is 327 g/mol. The molecule has 4 heteroatoms. The molecule has 0 saturated carbocycles. The number of anilines is 1. The number of aliphatic hydroxyl groups excluding tert-OH is 1. The maximum Gasteiger partial charge on any atom is 0.0772 e. The molecule has 1 aromatic carbocycles. The van der Waals surface area contributed by atoms with Crippen molar-refractivity contribution in [1.29, 1.82) is 0 Å². The number of rotatable bonds is 4. The van der Waals surface area contributed by atoms with Crippen LogP contribution in [0.15, 0.2) is 22.7 Å². The van der Waals surface area contributed by atoms with E-state index in [2.05, 4.69) is 33.0 Å². The molecule has 1 heterocycles. The van der Waals surface area contributed by atoms with Gasteiger partial charge in [-0.2, -0.15) is 0 Å². The number of benzene rings is 1. The van der Waals surface area contributed by atoms with Crippen LogP contribution in [0.1, 0.15) is 38.4 Å². The van der Waals surface area contributed by atoms with Gasteiger partial charge in [-0.1, -0.05) is 22.0 Å². The van der Waals surface area contributed by atoms with Crippen molar-refractivity contribution in [3.05, 3.63) is 28.2 Å². The van der Waals surface area contributed by atoms with Crippen LogP contribution >= 0.6 is 15.9 Å². The van der Waals surface area contributed by atoms with E-state index in [0.29, 0.717) is 6.10 Å². The van der Waals surface area contributed by atoms with Gasteiger partial charge in [0.15, 0.2) is 0 Å². The van der Waals surface area contributed by atoms with Crippen LogP contribution in [0.2, 0.25) is 0 Å². The fraction of sp³-hybridized carbons (Fsp3) is 0.600. The molecule has 2 atom stereocenters. The minimum Gasteiger partial charge on any atom is -0.389 e. The van der Waals surface area contributed by atoms with E-state index in [1.807, 2.05) is 13.0 Å².